The second-order valence-corrected chi connectivity index (χ2v) is 6.65. The third-order valence-corrected chi connectivity index (χ3v) is 3.63. The van der Waals surface area contributed by atoms with Crippen LogP contribution in [0.3, 0.4) is 0 Å². The minimum atomic E-state index is 0.116. The van der Waals surface area contributed by atoms with Gasteiger partial charge in [-0.15, -0.1) is 0 Å². The lowest BCUT2D eigenvalue weighted by Gasteiger charge is -2.07. The van der Waals surface area contributed by atoms with E-state index in [1.165, 1.54) is 21.8 Å². The van der Waals surface area contributed by atoms with Gasteiger partial charge in [-0.25, -0.2) is 0 Å². The van der Waals surface area contributed by atoms with E-state index < -0.39 is 0 Å². The highest BCUT2D eigenvalue weighted by molar-refractivity contribution is 9.24. The Morgan fingerprint density at radius 1 is 0.750 bits per heavy atom. The fourth-order valence-corrected chi connectivity index (χ4v) is 3.05. The third kappa shape index (κ3) is 1.42. The summed E-state index contributed by atoms with van der Waals surface area (Å²) in [5.74, 6) is 0. The number of hydrogen-bond acceptors (Lipinski definition) is 0. The number of rotatable bonds is 1. The summed E-state index contributed by atoms with van der Waals surface area (Å²) in [6, 6.07) is 16.9. The van der Waals surface area contributed by atoms with Crippen molar-refractivity contribution >= 4 is 53.7 Å². The summed E-state index contributed by atoms with van der Waals surface area (Å²) in [5.41, 5.74) is 2.48. The zero-order chi connectivity index (χ0) is 11.1. The van der Waals surface area contributed by atoms with Gasteiger partial charge >= 0.3 is 0 Å². The molecule has 0 N–H and O–H groups in total. The van der Waals surface area contributed by atoms with Crippen molar-refractivity contribution in [2.24, 2.45) is 0 Å². The van der Waals surface area contributed by atoms with Gasteiger partial charge in [-0.2, -0.15) is 0 Å². The second kappa shape index (κ2) is 3.90. The summed E-state index contributed by atoms with van der Waals surface area (Å²) in [6.45, 7) is 0. The summed E-state index contributed by atoms with van der Waals surface area (Å²) >= 11 is 7.17. The first-order chi connectivity index (χ1) is 7.79. The van der Waals surface area contributed by atoms with Crippen molar-refractivity contribution in [3.63, 3.8) is 0 Å². The van der Waals surface area contributed by atoms with Crippen LogP contribution < -0.4 is 0 Å². The van der Waals surface area contributed by atoms with Gasteiger partial charge in [0.15, 0.2) is 0 Å². The van der Waals surface area contributed by atoms with Crippen molar-refractivity contribution in [2.45, 2.75) is 3.86 Å². The van der Waals surface area contributed by atoms with Crippen LogP contribution in [0.4, 0.5) is 0 Å². The smallest absolute Gasteiger partial charge is 0.145 e. The molecule has 0 radical (unpaired) electrons. The Morgan fingerprint density at radius 2 is 1.19 bits per heavy atom. The Labute approximate surface area is 110 Å². The van der Waals surface area contributed by atoms with E-state index in [1.807, 2.05) is 0 Å². The normalized spacial score (nSPS) is 11.7. The lowest BCUT2D eigenvalue weighted by atomic mass is 10.2. The zero-order valence-corrected chi connectivity index (χ0v) is 11.6. The van der Waals surface area contributed by atoms with E-state index in [0.29, 0.717) is 0 Å². The highest BCUT2D eigenvalue weighted by Gasteiger charge is 2.12. The lowest BCUT2D eigenvalue weighted by molar-refractivity contribution is 0.989. The molecule has 0 unspecified atom stereocenters. The molecule has 0 aliphatic carbocycles. The van der Waals surface area contributed by atoms with Crippen LogP contribution in [-0.2, 0) is 0 Å². The molecule has 0 atom stereocenters. The molecule has 0 saturated heterocycles. The van der Waals surface area contributed by atoms with E-state index in [4.69, 9.17) is 0 Å². The largest absolute Gasteiger partial charge is 0.318 e. The Morgan fingerprint density at radius 3 is 1.62 bits per heavy atom. The predicted molar refractivity (Wildman–Crippen MR) is 76.3 cm³/mol. The monoisotopic (exact) mass is 337 g/mol. The lowest BCUT2D eigenvalue weighted by Crippen LogP contribution is -1.93. The van der Waals surface area contributed by atoms with Crippen LogP contribution in [0.5, 0.6) is 0 Å². The van der Waals surface area contributed by atoms with Gasteiger partial charge in [0.2, 0.25) is 0 Å². The molecule has 1 aromatic heterocycles. The first kappa shape index (κ1) is 10.4. The molecule has 1 nitrogen and oxygen atoms in total. The van der Waals surface area contributed by atoms with Crippen molar-refractivity contribution in [2.75, 3.05) is 0 Å². The molecule has 0 bridgehead atoms. The zero-order valence-electron chi connectivity index (χ0n) is 8.40. The molecule has 0 aliphatic heterocycles. The average Bonchev–Trinajstić information content (AvgIpc) is 2.63. The number of alkyl halides is 2. The Bertz CT molecular complexity index is 602. The van der Waals surface area contributed by atoms with Gasteiger partial charge in [0, 0.05) is 10.8 Å². The van der Waals surface area contributed by atoms with Gasteiger partial charge in [0.25, 0.3) is 0 Å². The van der Waals surface area contributed by atoms with Gasteiger partial charge in [0.05, 0.1) is 11.0 Å². The summed E-state index contributed by atoms with van der Waals surface area (Å²) < 4.78 is 2.36. The van der Waals surface area contributed by atoms with Crippen molar-refractivity contribution in [3.05, 3.63) is 48.5 Å². The summed E-state index contributed by atoms with van der Waals surface area (Å²) in [6.07, 6.45) is 0. The molecular weight excluding hydrogens is 330 g/mol. The highest BCUT2D eigenvalue weighted by Crippen LogP contribution is 2.35. The fraction of sp³-hybridized carbons (Fsp3) is 0.0769. The third-order valence-electron chi connectivity index (χ3n) is 2.81. The van der Waals surface area contributed by atoms with E-state index in [0.717, 1.165) is 0 Å². The Hall–Kier alpha value is -0.800. The number of aromatic nitrogens is 1. The van der Waals surface area contributed by atoms with Crippen molar-refractivity contribution in [1.29, 1.82) is 0 Å². The molecule has 2 aromatic carbocycles. The molecule has 16 heavy (non-hydrogen) atoms. The van der Waals surface area contributed by atoms with E-state index >= 15 is 0 Å². The van der Waals surface area contributed by atoms with Crippen LogP contribution in [0.25, 0.3) is 21.8 Å². The first-order valence-electron chi connectivity index (χ1n) is 5.05. The molecular formula is C13H9Br2N. The van der Waals surface area contributed by atoms with Crippen molar-refractivity contribution in [1.82, 2.24) is 4.57 Å². The minimum absolute atomic E-state index is 0.116. The van der Waals surface area contributed by atoms with Gasteiger partial charge in [-0.05, 0) is 12.1 Å². The molecule has 0 fully saturated rings. The van der Waals surface area contributed by atoms with Crippen LogP contribution >= 0.6 is 31.9 Å². The number of nitrogens with zero attached hydrogens (tertiary/aromatic N) is 1. The van der Waals surface area contributed by atoms with Crippen LogP contribution in [0.15, 0.2) is 48.5 Å². The van der Waals surface area contributed by atoms with Gasteiger partial charge in [-0.3, -0.25) is 0 Å². The van der Waals surface area contributed by atoms with Crippen LogP contribution in [0, 0.1) is 0 Å². The van der Waals surface area contributed by atoms with E-state index in [1.54, 1.807) is 0 Å². The summed E-state index contributed by atoms with van der Waals surface area (Å²) in [5, 5.41) is 2.59. The second-order valence-electron chi connectivity index (χ2n) is 3.68. The quantitative estimate of drug-likeness (QED) is 0.548. The van der Waals surface area contributed by atoms with Gasteiger partial charge in [0.1, 0.15) is 3.86 Å². The topological polar surface area (TPSA) is 4.93 Å². The Kier molecular flexibility index (Phi) is 2.52. The molecule has 3 heteroatoms. The number of halogens is 2. The molecule has 1 heterocycles. The number of fused-ring (bicyclic) bond motifs is 3. The van der Waals surface area contributed by atoms with Crippen LogP contribution in [0.2, 0.25) is 0 Å². The molecule has 0 aliphatic rings. The number of benzene rings is 2. The molecule has 3 rings (SSSR count). The highest BCUT2D eigenvalue weighted by atomic mass is 79.9. The first-order valence-corrected chi connectivity index (χ1v) is 6.88. The molecule has 3 aromatic rings. The number of para-hydroxylation sites is 2. The average molecular weight is 339 g/mol. The molecule has 0 amide bonds. The Balaban J connectivity index is 2.59. The SMILES string of the molecule is BrC(Br)n1c2ccccc2c2ccccc21. The maximum absolute atomic E-state index is 3.58. The van der Waals surface area contributed by atoms with E-state index in [2.05, 4.69) is 85.0 Å². The number of hydrogen-bond donors (Lipinski definition) is 0. The van der Waals surface area contributed by atoms with Gasteiger partial charge in [-0.1, -0.05) is 68.3 Å². The van der Waals surface area contributed by atoms with Crippen molar-refractivity contribution in [3.8, 4) is 0 Å². The minimum Gasteiger partial charge on any atom is -0.318 e. The van der Waals surface area contributed by atoms with Crippen molar-refractivity contribution < 1.29 is 0 Å². The molecule has 0 saturated carbocycles. The van der Waals surface area contributed by atoms with Gasteiger partial charge < -0.3 is 4.57 Å². The molecule has 0 spiro atoms. The van der Waals surface area contributed by atoms with Crippen LogP contribution in [-0.4, -0.2) is 4.57 Å². The predicted octanol–water partition coefficient (Wildman–Crippen LogP) is 5.04. The summed E-state index contributed by atoms with van der Waals surface area (Å²) in [4.78, 5) is 0. The van der Waals surface area contributed by atoms with E-state index in [9.17, 15) is 0 Å². The maximum atomic E-state index is 3.58. The maximum Gasteiger partial charge on any atom is 0.145 e. The fourth-order valence-electron chi connectivity index (χ4n) is 2.16. The summed E-state index contributed by atoms with van der Waals surface area (Å²) in [7, 11) is 0. The van der Waals surface area contributed by atoms with Crippen LogP contribution in [0.1, 0.15) is 3.86 Å². The standard InChI is InChI=1S/C13H9Br2N/c14-13(15)16-11-7-3-1-5-9(11)10-6-2-4-8-12(10)16/h1-8,13H. The molecule has 80 valence electrons. The van der Waals surface area contributed by atoms with E-state index in [-0.39, 0.29) is 3.86 Å².